The number of carbonyl (C=O) groups excluding carboxylic acids is 1. The van der Waals surface area contributed by atoms with Crippen LogP contribution < -0.4 is 4.74 Å². The molecule has 6 nitrogen and oxygen atoms in total. The Labute approximate surface area is 133 Å². The first kappa shape index (κ1) is 14.8. The third-order valence-corrected chi connectivity index (χ3v) is 3.32. The summed E-state index contributed by atoms with van der Waals surface area (Å²) in [5, 5.41) is 4.08. The number of benzene rings is 2. The molecule has 6 heteroatoms. The zero-order valence-corrected chi connectivity index (χ0v) is 12.5. The molecule has 1 heterocycles. The highest BCUT2D eigenvalue weighted by Crippen LogP contribution is 2.19. The molecule has 0 radical (unpaired) electrons. The lowest BCUT2D eigenvalue weighted by atomic mass is 10.1. The normalized spacial score (nSPS) is 10.3. The molecule has 3 rings (SSSR count). The summed E-state index contributed by atoms with van der Waals surface area (Å²) in [5.74, 6) is 0.304. The van der Waals surface area contributed by atoms with E-state index in [1.54, 1.807) is 23.1 Å². The maximum absolute atomic E-state index is 11.8. The molecule has 0 fully saturated rings. The summed E-state index contributed by atoms with van der Waals surface area (Å²) in [6.45, 7) is 0.270. The van der Waals surface area contributed by atoms with Crippen LogP contribution in [0.2, 0.25) is 0 Å². The number of rotatable bonds is 5. The Bertz CT molecular complexity index is 800. The monoisotopic (exact) mass is 309 g/mol. The summed E-state index contributed by atoms with van der Waals surface area (Å²) in [4.78, 5) is 15.7. The Morgan fingerprint density at radius 1 is 1.17 bits per heavy atom. The highest BCUT2D eigenvalue weighted by molar-refractivity contribution is 5.90. The lowest BCUT2D eigenvalue weighted by Crippen LogP contribution is -2.08. The Morgan fingerprint density at radius 2 is 2.04 bits per heavy atom. The van der Waals surface area contributed by atoms with Crippen LogP contribution in [0.15, 0.2) is 61.2 Å². The van der Waals surface area contributed by atoms with Gasteiger partial charge in [0.05, 0.1) is 18.4 Å². The van der Waals surface area contributed by atoms with Crippen molar-refractivity contribution in [2.45, 2.75) is 6.61 Å². The van der Waals surface area contributed by atoms with Gasteiger partial charge in [-0.15, -0.1) is 0 Å². The van der Waals surface area contributed by atoms with E-state index in [1.165, 1.54) is 13.4 Å². The summed E-state index contributed by atoms with van der Waals surface area (Å²) in [6, 6.07) is 14.7. The highest BCUT2D eigenvalue weighted by Gasteiger charge is 2.11. The van der Waals surface area contributed by atoms with Crippen LogP contribution in [0.4, 0.5) is 0 Å². The first-order valence-corrected chi connectivity index (χ1v) is 7.02. The molecule has 116 valence electrons. The van der Waals surface area contributed by atoms with Crippen LogP contribution in [0.3, 0.4) is 0 Å². The average molecular weight is 309 g/mol. The van der Waals surface area contributed by atoms with Gasteiger partial charge in [-0.25, -0.2) is 14.5 Å². The number of nitrogens with zero attached hydrogens (tertiary/aromatic N) is 3. The first-order valence-electron chi connectivity index (χ1n) is 7.02. The SMILES string of the molecule is COC(=O)c1ccccc1COc1cccc(-n2cncn2)c1. The quantitative estimate of drug-likeness (QED) is 0.678. The maximum atomic E-state index is 11.8. The largest absolute Gasteiger partial charge is 0.489 e. The second-order valence-electron chi connectivity index (χ2n) is 4.77. The molecule has 0 saturated heterocycles. The second kappa shape index (κ2) is 6.74. The van der Waals surface area contributed by atoms with Gasteiger partial charge in [0, 0.05) is 11.6 Å². The highest BCUT2D eigenvalue weighted by atomic mass is 16.5. The van der Waals surface area contributed by atoms with Crippen molar-refractivity contribution in [2.24, 2.45) is 0 Å². The number of ether oxygens (including phenoxy) is 2. The zero-order chi connectivity index (χ0) is 16.1. The van der Waals surface area contributed by atoms with E-state index in [0.29, 0.717) is 11.3 Å². The number of methoxy groups -OCH3 is 1. The van der Waals surface area contributed by atoms with Gasteiger partial charge in [0.2, 0.25) is 0 Å². The Kier molecular flexibility index (Phi) is 4.33. The van der Waals surface area contributed by atoms with Crippen molar-refractivity contribution in [1.82, 2.24) is 14.8 Å². The van der Waals surface area contributed by atoms with Gasteiger partial charge < -0.3 is 9.47 Å². The fourth-order valence-corrected chi connectivity index (χ4v) is 2.17. The molecular weight excluding hydrogens is 294 g/mol. The molecule has 0 aliphatic rings. The molecule has 0 unspecified atom stereocenters. The van der Waals surface area contributed by atoms with Gasteiger partial charge in [0.25, 0.3) is 0 Å². The van der Waals surface area contributed by atoms with E-state index in [2.05, 4.69) is 10.1 Å². The number of carbonyl (C=O) groups is 1. The van der Waals surface area contributed by atoms with Crippen LogP contribution in [0, 0.1) is 0 Å². The van der Waals surface area contributed by atoms with Crippen LogP contribution in [0.25, 0.3) is 5.69 Å². The standard InChI is InChI=1S/C17H15N3O3/c1-22-17(21)16-8-3-2-5-13(16)10-23-15-7-4-6-14(9-15)20-12-18-11-19-20/h2-9,11-12H,10H2,1H3. The second-order valence-corrected chi connectivity index (χ2v) is 4.77. The molecule has 0 aliphatic carbocycles. The number of esters is 1. The molecular formula is C17H15N3O3. The molecule has 0 bridgehead atoms. The fourth-order valence-electron chi connectivity index (χ4n) is 2.17. The van der Waals surface area contributed by atoms with Crippen molar-refractivity contribution in [2.75, 3.05) is 7.11 Å². The van der Waals surface area contributed by atoms with Gasteiger partial charge >= 0.3 is 5.97 Å². The van der Waals surface area contributed by atoms with Crippen LogP contribution in [0.5, 0.6) is 5.75 Å². The topological polar surface area (TPSA) is 66.2 Å². The molecule has 0 N–H and O–H groups in total. The molecule has 23 heavy (non-hydrogen) atoms. The van der Waals surface area contributed by atoms with E-state index in [4.69, 9.17) is 9.47 Å². The Hall–Kier alpha value is -3.15. The van der Waals surface area contributed by atoms with Crippen molar-refractivity contribution in [3.8, 4) is 11.4 Å². The summed E-state index contributed by atoms with van der Waals surface area (Å²) in [6.07, 6.45) is 3.09. The van der Waals surface area contributed by atoms with Crippen molar-refractivity contribution in [3.63, 3.8) is 0 Å². The van der Waals surface area contributed by atoms with Crippen LogP contribution in [0.1, 0.15) is 15.9 Å². The van der Waals surface area contributed by atoms with E-state index in [9.17, 15) is 4.79 Å². The first-order chi connectivity index (χ1) is 11.3. The lowest BCUT2D eigenvalue weighted by Gasteiger charge is -2.10. The van der Waals surface area contributed by atoms with Gasteiger partial charge in [-0.1, -0.05) is 24.3 Å². The van der Waals surface area contributed by atoms with Crippen LogP contribution in [-0.4, -0.2) is 27.8 Å². The minimum Gasteiger partial charge on any atom is -0.489 e. The Morgan fingerprint density at radius 3 is 2.83 bits per heavy atom. The summed E-state index contributed by atoms with van der Waals surface area (Å²) >= 11 is 0. The maximum Gasteiger partial charge on any atom is 0.338 e. The average Bonchev–Trinajstić information content (AvgIpc) is 3.14. The molecule has 0 atom stereocenters. The minimum absolute atomic E-state index is 0.270. The van der Waals surface area contributed by atoms with Gasteiger partial charge in [-0.05, 0) is 18.2 Å². The molecule has 0 amide bonds. The van der Waals surface area contributed by atoms with Crippen LogP contribution in [-0.2, 0) is 11.3 Å². The zero-order valence-electron chi connectivity index (χ0n) is 12.5. The smallest absolute Gasteiger partial charge is 0.338 e. The minimum atomic E-state index is -0.374. The van der Waals surface area contributed by atoms with E-state index >= 15 is 0 Å². The predicted octanol–water partition coefficient (Wildman–Crippen LogP) is 2.63. The lowest BCUT2D eigenvalue weighted by molar-refractivity contribution is 0.0597. The van der Waals surface area contributed by atoms with Gasteiger partial charge in [-0.2, -0.15) is 5.10 Å². The van der Waals surface area contributed by atoms with Gasteiger partial charge in [-0.3, -0.25) is 0 Å². The summed E-state index contributed by atoms with van der Waals surface area (Å²) < 4.78 is 12.2. The number of hydrogen-bond donors (Lipinski definition) is 0. The molecule has 2 aromatic carbocycles. The molecule has 0 spiro atoms. The van der Waals surface area contributed by atoms with Crippen molar-refractivity contribution in [1.29, 1.82) is 0 Å². The molecule has 0 saturated carbocycles. The Balaban J connectivity index is 1.77. The third-order valence-electron chi connectivity index (χ3n) is 3.32. The predicted molar refractivity (Wildman–Crippen MR) is 83.5 cm³/mol. The van der Waals surface area contributed by atoms with Crippen molar-refractivity contribution in [3.05, 3.63) is 72.3 Å². The summed E-state index contributed by atoms with van der Waals surface area (Å²) in [7, 11) is 1.36. The fraction of sp³-hybridized carbons (Fsp3) is 0.118. The molecule has 1 aromatic heterocycles. The van der Waals surface area contributed by atoms with Gasteiger partial charge in [0.1, 0.15) is 25.0 Å². The molecule has 3 aromatic rings. The third kappa shape index (κ3) is 3.37. The van der Waals surface area contributed by atoms with E-state index in [-0.39, 0.29) is 12.6 Å². The van der Waals surface area contributed by atoms with Crippen molar-refractivity contribution < 1.29 is 14.3 Å². The van der Waals surface area contributed by atoms with E-state index in [1.807, 2.05) is 36.4 Å². The van der Waals surface area contributed by atoms with Crippen molar-refractivity contribution >= 4 is 5.97 Å². The molecule has 0 aliphatic heterocycles. The van der Waals surface area contributed by atoms with E-state index in [0.717, 1.165) is 11.3 Å². The van der Waals surface area contributed by atoms with E-state index < -0.39 is 0 Å². The number of aromatic nitrogens is 3. The van der Waals surface area contributed by atoms with Gasteiger partial charge in [0.15, 0.2) is 0 Å². The number of hydrogen-bond acceptors (Lipinski definition) is 5. The van der Waals surface area contributed by atoms with Crippen LogP contribution >= 0.6 is 0 Å². The summed E-state index contributed by atoms with van der Waals surface area (Å²) in [5.41, 5.74) is 2.12.